The monoisotopic (exact) mass is 291 g/mol. The lowest BCUT2D eigenvalue weighted by atomic mass is 10.1. The van der Waals surface area contributed by atoms with Crippen LogP contribution in [0.3, 0.4) is 0 Å². The molecule has 3 nitrogen and oxygen atoms in total. The van der Waals surface area contributed by atoms with Crippen LogP contribution in [-0.2, 0) is 6.54 Å². The molecule has 0 aliphatic carbocycles. The lowest BCUT2D eigenvalue weighted by Gasteiger charge is -2.21. The summed E-state index contributed by atoms with van der Waals surface area (Å²) in [5.74, 6) is 0.421. The minimum absolute atomic E-state index is 0.132. The molecule has 0 amide bonds. The largest absolute Gasteiger partial charge is 0.486 e. The highest BCUT2D eigenvalue weighted by molar-refractivity contribution is 5.51. The Balaban J connectivity index is 1.81. The van der Waals surface area contributed by atoms with Crippen molar-refractivity contribution >= 4 is 5.69 Å². The average Bonchev–Trinajstić information content (AvgIpc) is 2.49. The number of fused-ring (bicyclic) bond motifs is 1. The molecule has 0 saturated heterocycles. The Morgan fingerprint density at radius 3 is 2.76 bits per heavy atom. The van der Waals surface area contributed by atoms with Crippen LogP contribution in [0.5, 0.6) is 11.5 Å². The maximum atomic E-state index is 13.8. The lowest BCUT2D eigenvalue weighted by molar-refractivity contribution is 0.170. The van der Waals surface area contributed by atoms with Crippen molar-refractivity contribution in [3.63, 3.8) is 0 Å². The van der Waals surface area contributed by atoms with Gasteiger partial charge in [0, 0.05) is 18.2 Å². The van der Waals surface area contributed by atoms with Crippen molar-refractivity contribution in [2.24, 2.45) is 0 Å². The van der Waals surface area contributed by atoms with E-state index in [9.17, 15) is 8.78 Å². The number of rotatable bonds is 3. The molecule has 110 valence electrons. The second-order valence-corrected chi connectivity index (χ2v) is 4.88. The van der Waals surface area contributed by atoms with Gasteiger partial charge in [-0.3, -0.25) is 0 Å². The van der Waals surface area contributed by atoms with Gasteiger partial charge in [-0.2, -0.15) is 0 Å². The van der Waals surface area contributed by atoms with Crippen LogP contribution in [0.15, 0.2) is 30.3 Å². The van der Waals surface area contributed by atoms with E-state index in [1.165, 1.54) is 13.0 Å². The summed E-state index contributed by atoms with van der Waals surface area (Å²) in [6.45, 7) is 2.85. The minimum Gasteiger partial charge on any atom is -0.486 e. The van der Waals surface area contributed by atoms with E-state index in [-0.39, 0.29) is 11.3 Å². The van der Waals surface area contributed by atoms with E-state index in [1.54, 1.807) is 0 Å². The molecule has 0 unspecified atom stereocenters. The van der Waals surface area contributed by atoms with Crippen LogP contribution < -0.4 is 14.8 Å². The Labute approximate surface area is 121 Å². The maximum Gasteiger partial charge on any atom is 0.166 e. The molecule has 5 heteroatoms. The molecule has 0 fully saturated rings. The van der Waals surface area contributed by atoms with E-state index >= 15 is 0 Å². The Morgan fingerprint density at radius 2 is 1.90 bits per heavy atom. The predicted octanol–water partition coefficient (Wildman–Crippen LogP) is 3.66. The third-order valence-electron chi connectivity index (χ3n) is 3.37. The van der Waals surface area contributed by atoms with Crippen LogP contribution in [0, 0.1) is 18.6 Å². The molecule has 2 aromatic rings. The quantitative estimate of drug-likeness (QED) is 0.936. The number of aryl methyl sites for hydroxylation is 1. The second kappa shape index (κ2) is 5.60. The molecule has 0 spiro atoms. The standard InChI is InChI=1S/C16H15F2NO2/c1-10-7-13(18)14(8-12(10)17)19-9-11-3-2-4-15-16(11)21-6-5-20-15/h2-4,7-8,19H,5-6,9H2,1H3. The predicted molar refractivity (Wildman–Crippen MR) is 75.9 cm³/mol. The molecule has 1 N–H and O–H groups in total. The molecular weight excluding hydrogens is 276 g/mol. The zero-order valence-corrected chi connectivity index (χ0v) is 11.6. The smallest absolute Gasteiger partial charge is 0.166 e. The Bertz CT molecular complexity index is 674. The highest BCUT2D eigenvalue weighted by atomic mass is 19.1. The lowest BCUT2D eigenvalue weighted by Crippen LogP contribution is -2.17. The maximum absolute atomic E-state index is 13.8. The fourth-order valence-electron chi connectivity index (χ4n) is 2.25. The van der Waals surface area contributed by atoms with Gasteiger partial charge in [-0.05, 0) is 24.6 Å². The summed E-state index contributed by atoms with van der Waals surface area (Å²) in [5.41, 5.74) is 1.26. The Morgan fingerprint density at radius 1 is 1.10 bits per heavy atom. The van der Waals surface area contributed by atoms with Gasteiger partial charge in [0.25, 0.3) is 0 Å². The van der Waals surface area contributed by atoms with Crippen molar-refractivity contribution in [3.8, 4) is 11.5 Å². The number of benzene rings is 2. The van der Waals surface area contributed by atoms with Crippen molar-refractivity contribution in [1.82, 2.24) is 0 Å². The molecule has 0 atom stereocenters. The van der Waals surface area contributed by atoms with Gasteiger partial charge in [-0.25, -0.2) is 8.78 Å². The molecule has 0 aromatic heterocycles. The number of halogens is 2. The van der Waals surface area contributed by atoms with Gasteiger partial charge in [0.1, 0.15) is 24.8 Å². The van der Waals surface area contributed by atoms with Gasteiger partial charge in [-0.15, -0.1) is 0 Å². The third-order valence-corrected chi connectivity index (χ3v) is 3.37. The van der Waals surface area contributed by atoms with Crippen molar-refractivity contribution in [1.29, 1.82) is 0 Å². The van der Waals surface area contributed by atoms with Crippen LogP contribution in [-0.4, -0.2) is 13.2 Å². The highest BCUT2D eigenvalue weighted by Gasteiger charge is 2.16. The summed E-state index contributed by atoms with van der Waals surface area (Å²) in [6.07, 6.45) is 0. The van der Waals surface area contributed by atoms with E-state index in [0.717, 1.165) is 11.6 Å². The number of hydrogen-bond donors (Lipinski definition) is 1. The number of nitrogens with one attached hydrogen (secondary N) is 1. The Hall–Kier alpha value is -2.30. The fraction of sp³-hybridized carbons (Fsp3) is 0.250. The molecular formula is C16H15F2NO2. The zero-order chi connectivity index (χ0) is 14.8. The summed E-state index contributed by atoms with van der Waals surface area (Å²) < 4.78 is 38.4. The average molecular weight is 291 g/mol. The van der Waals surface area contributed by atoms with Crippen molar-refractivity contribution in [3.05, 3.63) is 53.1 Å². The molecule has 0 bridgehead atoms. The first kappa shape index (κ1) is 13.7. The summed E-state index contributed by atoms with van der Waals surface area (Å²) >= 11 is 0. The van der Waals surface area contributed by atoms with Crippen LogP contribution >= 0.6 is 0 Å². The van der Waals surface area contributed by atoms with E-state index < -0.39 is 11.6 Å². The van der Waals surface area contributed by atoms with E-state index in [1.807, 2.05) is 18.2 Å². The summed E-state index contributed by atoms with van der Waals surface area (Å²) in [4.78, 5) is 0. The molecule has 2 aromatic carbocycles. The first-order chi connectivity index (χ1) is 10.1. The third kappa shape index (κ3) is 2.77. The van der Waals surface area contributed by atoms with Crippen LogP contribution in [0.1, 0.15) is 11.1 Å². The van der Waals surface area contributed by atoms with Gasteiger partial charge >= 0.3 is 0 Å². The fourth-order valence-corrected chi connectivity index (χ4v) is 2.25. The molecule has 1 heterocycles. The number of anilines is 1. The van der Waals surface area contributed by atoms with E-state index in [2.05, 4.69) is 5.32 Å². The van der Waals surface area contributed by atoms with Gasteiger partial charge in [-0.1, -0.05) is 12.1 Å². The first-order valence-electron chi connectivity index (χ1n) is 6.72. The van der Waals surface area contributed by atoms with Gasteiger partial charge in [0.15, 0.2) is 11.5 Å². The van der Waals surface area contributed by atoms with Crippen LogP contribution in [0.25, 0.3) is 0 Å². The molecule has 0 saturated carbocycles. The summed E-state index contributed by atoms with van der Waals surface area (Å²) in [6, 6.07) is 7.87. The number of para-hydroxylation sites is 1. The van der Waals surface area contributed by atoms with Gasteiger partial charge < -0.3 is 14.8 Å². The van der Waals surface area contributed by atoms with Crippen molar-refractivity contribution in [2.45, 2.75) is 13.5 Å². The summed E-state index contributed by atoms with van der Waals surface area (Å²) in [5, 5.41) is 2.90. The number of hydrogen-bond acceptors (Lipinski definition) is 3. The van der Waals surface area contributed by atoms with Crippen molar-refractivity contribution < 1.29 is 18.3 Å². The molecule has 1 aliphatic heterocycles. The highest BCUT2D eigenvalue weighted by Crippen LogP contribution is 2.34. The van der Waals surface area contributed by atoms with Gasteiger partial charge in [0.05, 0.1) is 5.69 Å². The first-order valence-corrected chi connectivity index (χ1v) is 6.72. The normalized spacial score (nSPS) is 13.1. The molecule has 0 radical (unpaired) electrons. The van der Waals surface area contributed by atoms with Crippen LogP contribution in [0.2, 0.25) is 0 Å². The van der Waals surface area contributed by atoms with E-state index in [0.29, 0.717) is 31.3 Å². The molecule has 1 aliphatic rings. The van der Waals surface area contributed by atoms with Crippen molar-refractivity contribution in [2.75, 3.05) is 18.5 Å². The SMILES string of the molecule is Cc1cc(F)c(NCc2cccc3c2OCCO3)cc1F. The van der Waals surface area contributed by atoms with Gasteiger partial charge in [0.2, 0.25) is 0 Å². The summed E-state index contributed by atoms with van der Waals surface area (Å²) in [7, 11) is 0. The van der Waals surface area contributed by atoms with Crippen LogP contribution in [0.4, 0.5) is 14.5 Å². The topological polar surface area (TPSA) is 30.5 Å². The minimum atomic E-state index is -0.476. The molecule has 21 heavy (non-hydrogen) atoms. The second-order valence-electron chi connectivity index (χ2n) is 4.88. The Kier molecular flexibility index (Phi) is 3.64. The van der Waals surface area contributed by atoms with E-state index in [4.69, 9.17) is 9.47 Å². The zero-order valence-electron chi connectivity index (χ0n) is 11.6. The molecule has 3 rings (SSSR count). The number of ether oxygens (including phenoxy) is 2.